The minimum Gasteiger partial charge on any atom is -0.468 e. The predicted octanol–water partition coefficient (Wildman–Crippen LogP) is 2.37. The molecule has 0 radical (unpaired) electrons. The van der Waals surface area contributed by atoms with Crippen molar-refractivity contribution in [3.63, 3.8) is 0 Å². The summed E-state index contributed by atoms with van der Waals surface area (Å²) in [4.78, 5) is 19.1. The van der Waals surface area contributed by atoms with E-state index >= 15 is 0 Å². The number of fused-ring (bicyclic) bond motifs is 2. The number of para-hydroxylation sites is 1. The van der Waals surface area contributed by atoms with Crippen molar-refractivity contribution in [1.29, 1.82) is 0 Å². The van der Waals surface area contributed by atoms with Crippen LogP contribution in [0.1, 0.15) is 17.7 Å². The fraction of sp³-hybridized carbons (Fsp3) is 0.450. The summed E-state index contributed by atoms with van der Waals surface area (Å²) in [6.07, 6.45) is 2.80. The SMILES string of the molecule is C=C[C@@]12CN3CC[C@@H]1[C@@](C(=O)OC)(CO2)c1[nH]c2ccccc2c1C3. The summed E-state index contributed by atoms with van der Waals surface area (Å²) in [7, 11) is 1.47. The maximum atomic E-state index is 13.1. The number of methoxy groups -OCH3 is 1. The number of H-pyrrole nitrogens is 1. The summed E-state index contributed by atoms with van der Waals surface area (Å²) in [5.41, 5.74) is 1.97. The second-order valence-electron chi connectivity index (χ2n) is 7.49. The molecule has 1 N–H and O–H groups in total. The molecule has 2 saturated heterocycles. The molecule has 1 unspecified atom stereocenters. The first-order chi connectivity index (χ1) is 12.1. The number of aromatic amines is 1. The largest absolute Gasteiger partial charge is 0.468 e. The van der Waals surface area contributed by atoms with Gasteiger partial charge in [0.2, 0.25) is 0 Å². The van der Waals surface area contributed by atoms with E-state index in [0.29, 0.717) is 6.61 Å². The number of hydrogen-bond acceptors (Lipinski definition) is 4. The molecule has 0 aliphatic carbocycles. The maximum absolute atomic E-state index is 13.1. The van der Waals surface area contributed by atoms with Gasteiger partial charge >= 0.3 is 5.97 Å². The Bertz CT molecular complexity index is 888. The number of ether oxygens (including phenoxy) is 2. The van der Waals surface area contributed by atoms with Crippen molar-refractivity contribution >= 4 is 16.9 Å². The summed E-state index contributed by atoms with van der Waals surface area (Å²) >= 11 is 0. The van der Waals surface area contributed by atoms with Crippen LogP contribution in [0, 0.1) is 5.92 Å². The van der Waals surface area contributed by atoms with Gasteiger partial charge in [0.15, 0.2) is 0 Å². The highest BCUT2D eigenvalue weighted by Crippen LogP contribution is 2.55. The first-order valence-electron chi connectivity index (χ1n) is 8.83. The van der Waals surface area contributed by atoms with Crippen LogP contribution >= 0.6 is 0 Å². The van der Waals surface area contributed by atoms with Crippen molar-refractivity contribution in [2.45, 2.75) is 24.0 Å². The van der Waals surface area contributed by atoms with Gasteiger partial charge in [0.25, 0.3) is 0 Å². The summed E-state index contributed by atoms with van der Waals surface area (Å²) in [6.45, 7) is 6.93. The average Bonchev–Trinajstić information content (AvgIpc) is 3.17. The fourth-order valence-electron chi connectivity index (χ4n) is 5.35. The topological polar surface area (TPSA) is 54.6 Å². The Morgan fingerprint density at radius 1 is 1.48 bits per heavy atom. The van der Waals surface area contributed by atoms with E-state index in [4.69, 9.17) is 9.47 Å². The predicted molar refractivity (Wildman–Crippen MR) is 94.3 cm³/mol. The Morgan fingerprint density at radius 3 is 3.12 bits per heavy atom. The number of esters is 1. The lowest BCUT2D eigenvalue weighted by Gasteiger charge is -2.47. The third-order valence-corrected chi connectivity index (χ3v) is 6.49. The highest BCUT2D eigenvalue weighted by atomic mass is 16.5. The van der Waals surface area contributed by atoms with Crippen molar-refractivity contribution in [3.8, 4) is 0 Å². The van der Waals surface area contributed by atoms with Gasteiger partial charge in [-0.1, -0.05) is 24.3 Å². The molecule has 4 atom stereocenters. The van der Waals surface area contributed by atoms with Gasteiger partial charge in [-0.3, -0.25) is 9.69 Å². The third-order valence-electron chi connectivity index (χ3n) is 6.49. The molecule has 5 nitrogen and oxygen atoms in total. The lowest BCUT2D eigenvalue weighted by Crippen LogP contribution is -2.58. The Kier molecular flexibility index (Phi) is 3.01. The molecule has 4 bridgehead atoms. The molecule has 0 saturated carbocycles. The van der Waals surface area contributed by atoms with E-state index in [1.165, 1.54) is 18.1 Å². The molecular weight excluding hydrogens is 316 g/mol. The van der Waals surface area contributed by atoms with Crippen LogP contribution in [0.15, 0.2) is 36.9 Å². The number of carbonyl (C=O) groups excluding carboxylic acids is 1. The van der Waals surface area contributed by atoms with E-state index in [1.54, 1.807) is 0 Å². The van der Waals surface area contributed by atoms with Gasteiger partial charge in [0.05, 0.1) is 13.7 Å². The normalized spacial score (nSPS) is 35.9. The van der Waals surface area contributed by atoms with Crippen LogP contribution in [0.2, 0.25) is 0 Å². The monoisotopic (exact) mass is 338 g/mol. The summed E-state index contributed by atoms with van der Waals surface area (Å²) in [5, 5.41) is 1.18. The number of nitrogens with one attached hydrogen (secondary N) is 1. The number of rotatable bonds is 2. The van der Waals surface area contributed by atoms with Crippen LogP contribution in [0.3, 0.4) is 0 Å². The van der Waals surface area contributed by atoms with E-state index in [9.17, 15) is 4.79 Å². The number of carbonyl (C=O) groups is 1. The van der Waals surface area contributed by atoms with Crippen molar-refractivity contribution in [2.24, 2.45) is 5.92 Å². The van der Waals surface area contributed by atoms with E-state index < -0.39 is 11.0 Å². The van der Waals surface area contributed by atoms with Crippen LogP contribution in [0.4, 0.5) is 0 Å². The van der Waals surface area contributed by atoms with Gasteiger partial charge in [-0.25, -0.2) is 0 Å². The van der Waals surface area contributed by atoms with E-state index in [1.807, 2.05) is 18.2 Å². The minimum atomic E-state index is -0.788. The van der Waals surface area contributed by atoms with Gasteiger partial charge in [-0.05, 0) is 24.6 Å². The molecule has 2 aromatic rings. The number of piperidine rings is 1. The number of benzene rings is 1. The summed E-state index contributed by atoms with van der Waals surface area (Å²) in [5.74, 6) is -0.169. The maximum Gasteiger partial charge on any atom is 0.320 e. The second-order valence-corrected chi connectivity index (χ2v) is 7.49. The number of aromatic nitrogens is 1. The molecule has 1 aromatic carbocycles. The Balaban J connectivity index is 1.85. The molecule has 6 rings (SSSR count). The smallest absolute Gasteiger partial charge is 0.320 e. The molecule has 25 heavy (non-hydrogen) atoms. The number of nitrogens with zero attached hydrogens (tertiary/aromatic N) is 1. The van der Waals surface area contributed by atoms with Gasteiger partial charge in [0.1, 0.15) is 11.0 Å². The van der Waals surface area contributed by atoms with E-state index in [-0.39, 0.29) is 11.9 Å². The van der Waals surface area contributed by atoms with Gasteiger partial charge < -0.3 is 14.5 Å². The van der Waals surface area contributed by atoms with Crippen molar-refractivity contribution in [2.75, 3.05) is 26.8 Å². The summed E-state index contributed by atoms with van der Waals surface area (Å²) < 4.78 is 11.6. The highest BCUT2D eigenvalue weighted by molar-refractivity contribution is 5.91. The zero-order chi connectivity index (χ0) is 17.2. The molecule has 5 heterocycles. The standard InChI is InChI=1S/C20H22N2O3/c1-3-19-11-22-9-8-16(19)20(12-25-19,18(23)24-2)17-14(10-22)13-6-4-5-7-15(13)21-17/h3-7,16,21H,1,8-12H2,2H3/t16-,19+,20-/m0/s1. The average molecular weight is 338 g/mol. The molecule has 4 aliphatic heterocycles. The summed E-state index contributed by atoms with van der Waals surface area (Å²) in [6, 6.07) is 8.26. The van der Waals surface area contributed by atoms with Crippen LogP contribution in [-0.4, -0.2) is 48.3 Å². The van der Waals surface area contributed by atoms with Crippen LogP contribution in [-0.2, 0) is 26.2 Å². The van der Waals surface area contributed by atoms with Gasteiger partial charge in [-0.15, -0.1) is 6.58 Å². The van der Waals surface area contributed by atoms with Gasteiger partial charge in [0, 0.05) is 35.6 Å². The zero-order valence-corrected chi connectivity index (χ0v) is 14.4. The van der Waals surface area contributed by atoms with Crippen molar-refractivity contribution < 1.29 is 14.3 Å². The lowest BCUT2D eigenvalue weighted by atomic mass is 9.63. The molecule has 4 aliphatic rings. The third kappa shape index (κ3) is 1.72. The first-order valence-corrected chi connectivity index (χ1v) is 8.83. The number of hydrogen-bond donors (Lipinski definition) is 1. The van der Waals surface area contributed by atoms with Crippen molar-refractivity contribution in [3.05, 3.63) is 48.2 Å². The Morgan fingerprint density at radius 2 is 2.32 bits per heavy atom. The van der Waals surface area contributed by atoms with Crippen LogP contribution in [0.5, 0.6) is 0 Å². The fourth-order valence-corrected chi connectivity index (χ4v) is 5.35. The van der Waals surface area contributed by atoms with E-state index in [0.717, 1.165) is 37.3 Å². The van der Waals surface area contributed by atoms with Crippen LogP contribution < -0.4 is 0 Å². The highest BCUT2D eigenvalue weighted by Gasteiger charge is 2.66. The Labute approximate surface area is 146 Å². The molecule has 0 amide bonds. The van der Waals surface area contributed by atoms with E-state index in [2.05, 4.69) is 28.6 Å². The second kappa shape index (κ2) is 4.96. The quantitative estimate of drug-likeness (QED) is 0.675. The van der Waals surface area contributed by atoms with Crippen LogP contribution in [0.25, 0.3) is 10.9 Å². The molecule has 130 valence electrons. The van der Waals surface area contributed by atoms with Gasteiger partial charge in [-0.2, -0.15) is 0 Å². The molecule has 0 spiro atoms. The van der Waals surface area contributed by atoms with Crippen molar-refractivity contribution in [1.82, 2.24) is 9.88 Å². The Hall–Kier alpha value is -2.11. The zero-order valence-electron chi connectivity index (χ0n) is 14.4. The minimum absolute atomic E-state index is 0.0355. The molecule has 2 fully saturated rings. The molecular formula is C20H22N2O3. The molecule has 5 heteroatoms. The lowest BCUT2D eigenvalue weighted by molar-refractivity contribution is -0.150. The molecule has 1 aromatic heterocycles. The first kappa shape index (κ1) is 15.2.